The van der Waals surface area contributed by atoms with Crippen LogP contribution in [0.15, 0.2) is 65.1 Å². The van der Waals surface area contributed by atoms with Crippen molar-refractivity contribution in [2.24, 2.45) is 0 Å². The lowest BCUT2D eigenvalue weighted by Gasteiger charge is -2.33. The zero-order valence-corrected chi connectivity index (χ0v) is 24.7. The summed E-state index contributed by atoms with van der Waals surface area (Å²) < 4.78 is 12.3. The Labute approximate surface area is 247 Å². The highest BCUT2D eigenvalue weighted by Crippen LogP contribution is 2.31. The van der Waals surface area contributed by atoms with Crippen LogP contribution >= 0.6 is 11.6 Å². The lowest BCUT2D eigenvalue weighted by Crippen LogP contribution is -2.39. The molecule has 1 unspecified atom stereocenters. The normalized spacial score (nSPS) is 19.1. The Morgan fingerprint density at radius 2 is 1.80 bits per heavy atom. The van der Waals surface area contributed by atoms with Crippen molar-refractivity contribution in [1.29, 1.82) is 0 Å². The molecule has 1 amide bonds. The number of rotatable bonds is 9. The molecular weight excluding hydrogens is 534 g/mol. The third-order valence-corrected chi connectivity index (χ3v) is 9.01. The summed E-state index contributed by atoms with van der Waals surface area (Å²) in [4.78, 5) is 17.7. The molecule has 4 aromatic rings. The van der Waals surface area contributed by atoms with Crippen LogP contribution in [0, 0.1) is 0 Å². The Morgan fingerprint density at radius 3 is 2.63 bits per heavy atom. The largest absolute Gasteiger partial charge is 0.489 e. The highest BCUT2D eigenvalue weighted by atomic mass is 35.5. The molecule has 0 aliphatic carbocycles. The molecule has 0 saturated carbocycles. The van der Waals surface area contributed by atoms with Gasteiger partial charge in [0.05, 0.1) is 5.02 Å². The smallest absolute Gasteiger partial charge is 0.251 e. The van der Waals surface area contributed by atoms with Gasteiger partial charge in [0.1, 0.15) is 23.0 Å². The van der Waals surface area contributed by atoms with Crippen molar-refractivity contribution < 1.29 is 13.9 Å². The van der Waals surface area contributed by atoms with Crippen molar-refractivity contribution in [3.05, 3.63) is 76.8 Å². The van der Waals surface area contributed by atoms with E-state index in [9.17, 15) is 4.79 Å². The maximum atomic E-state index is 12.7. The molecule has 7 heteroatoms. The van der Waals surface area contributed by atoms with Crippen LogP contribution in [0.5, 0.6) is 5.75 Å². The Kier molecular flexibility index (Phi) is 8.80. The lowest BCUT2D eigenvalue weighted by molar-refractivity contribution is 0.0946. The van der Waals surface area contributed by atoms with Crippen LogP contribution in [0.4, 0.5) is 0 Å². The standard InChI is InChI=1S/C34H40ClN3O3/c1-24-7-4-5-17-38(24)18-6-16-36-34(39)26-11-13-33(30(35)22-26)40-27-14-19-37(20-15-27)23-25-10-12-32-29(21-25)28-8-2-3-9-31(28)41-32/h2-3,8-13,21-22,24,27H,4-7,14-20,23H2,1H3,(H,36,39). The summed E-state index contributed by atoms with van der Waals surface area (Å²) in [7, 11) is 0. The van der Waals surface area contributed by atoms with Gasteiger partial charge in [-0.2, -0.15) is 0 Å². The Morgan fingerprint density at radius 1 is 0.976 bits per heavy atom. The van der Waals surface area contributed by atoms with Gasteiger partial charge in [-0.05, 0) is 87.5 Å². The fourth-order valence-electron chi connectivity index (χ4n) is 6.31. The van der Waals surface area contributed by atoms with Gasteiger partial charge in [0.15, 0.2) is 0 Å². The average Bonchev–Trinajstić information content (AvgIpc) is 3.36. The number of para-hydroxylation sites is 1. The van der Waals surface area contributed by atoms with Gasteiger partial charge < -0.3 is 19.4 Å². The van der Waals surface area contributed by atoms with Gasteiger partial charge >= 0.3 is 0 Å². The van der Waals surface area contributed by atoms with Gasteiger partial charge in [-0.15, -0.1) is 0 Å². The SMILES string of the molecule is CC1CCCCN1CCCNC(=O)c1ccc(OC2CCN(Cc3ccc4oc5ccccc5c4c3)CC2)c(Cl)c1. The summed E-state index contributed by atoms with van der Waals surface area (Å²) in [6, 6.07) is 20.7. The molecule has 216 valence electrons. The van der Waals surface area contributed by atoms with Crippen molar-refractivity contribution in [2.45, 2.75) is 64.1 Å². The van der Waals surface area contributed by atoms with E-state index in [0.717, 1.165) is 56.6 Å². The first kappa shape index (κ1) is 28.1. The van der Waals surface area contributed by atoms with Crippen molar-refractivity contribution in [3.8, 4) is 5.75 Å². The molecule has 2 saturated heterocycles. The molecule has 0 spiro atoms. The van der Waals surface area contributed by atoms with Gasteiger partial charge in [-0.25, -0.2) is 0 Å². The summed E-state index contributed by atoms with van der Waals surface area (Å²) in [6.45, 7) is 8.01. The molecule has 0 bridgehead atoms. The number of piperidine rings is 2. The molecule has 2 aliphatic heterocycles. The highest BCUT2D eigenvalue weighted by Gasteiger charge is 2.22. The maximum Gasteiger partial charge on any atom is 0.251 e. The lowest BCUT2D eigenvalue weighted by atomic mass is 10.0. The Bertz CT molecular complexity index is 1490. The van der Waals surface area contributed by atoms with Crippen molar-refractivity contribution in [3.63, 3.8) is 0 Å². The third kappa shape index (κ3) is 6.72. The second-order valence-corrected chi connectivity index (χ2v) is 12.1. The first-order chi connectivity index (χ1) is 20.0. The zero-order valence-electron chi connectivity index (χ0n) is 23.9. The van der Waals surface area contributed by atoms with Crippen LogP contribution in [-0.4, -0.2) is 60.6 Å². The molecule has 41 heavy (non-hydrogen) atoms. The molecule has 3 heterocycles. The quantitative estimate of drug-likeness (QED) is 0.213. The van der Waals surface area contributed by atoms with Gasteiger partial charge in [-0.1, -0.05) is 42.3 Å². The number of nitrogens with zero attached hydrogens (tertiary/aromatic N) is 2. The minimum atomic E-state index is -0.0833. The first-order valence-corrected chi connectivity index (χ1v) is 15.5. The van der Waals surface area contributed by atoms with Crippen molar-refractivity contribution in [1.82, 2.24) is 15.1 Å². The van der Waals surface area contributed by atoms with Crippen LogP contribution in [-0.2, 0) is 6.54 Å². The van der Waals surface area contributed by atoms with E-state index in [1.54, 1.807) is 6.07 Å². The number of likely N-dealkylation sites (tertiary alicyclic amines) is 2. The molecule has 2 aliphatic rings. The van der Waals surface area contributed by atoms with Crippen molar-refractivity contribution in [2.75, 3.05) is 32.7 Å². The van der Waals surface area contributed by atoms with Crippen LogP contribution in [0.3, 0.4) is 0 Å². The fourth-order valence-corrected chi connectivity index (χ4v) is 6.53. The first-order valence-electron chi connectivity index (χ1n) is 15.1. The van der Waals surface area contributed by atoms with Crippen LogP contribution in [0.25, 0.3) is 21.9 Å². The predicted octanol–water partition coefficient (Wildman–Crippen LogP) is 7.28. The number of halogens is 1. The number of ether oxygens (including phenoxy) is 1. The number of hydrogen-bond donors (Lipinski definition) is 1. The summed E-state index contributed by atoms with van der Waals surface area (Å²) in [5.41, 5.74) is 3.74. The number of fused-ring (bicyclic) bond motifs is 3. The topological polar surface area (TPSA) is 58.0 Å². The zero-order chi connectivity index (χ0) is 28.2. The van der Waals surface area contributed by atoms with E-state index < -0.39 is 0 Å². The molecule has 1 N–H and O–H groups in total. The number of furan rings is 1. The van der Waals surface area contributed by atoms with E-state index in [-0.39, 0.29) is 12.0 Å². The van der Waals surface area contributed by atoms with E-state index in [2.05, 4.69) is 52.4 Å². The van der Waals surface area contributed by atoms with Gasteiger partial charge in [0.2, 0.25) is 0 Å². The number of nitrogens with one attached hydrogen (secondary N) is 1. The van der Waals surface area contributed by atoms with Gasteiger partial charge in [0, 0.05) is 55.1 Å². The second-order valence-electron chi connectivity index (χ2n) is 11.7. The fraction of sp³-hybridized carbons (Fsp3) is 0.441. The predicted molar refractivity (Wildman–Crippen MR) is 166 cm³/mol. The van der Waals surface area contributed by atoms with Crippen LogP contribution < -0.4 is 10.1 Å². The molecule has 3 aromatic carbocycles. The van der Waals surface area contributed by atoms with Gasteiger partial charge in [0.25, 0.3) is 5.91 Å². The van der Waals surface area contributed by atoms with E-state index in [4.69, 9.17) is 20.8 Å². The Balaban J connectivity index is 0.962. The van der Waals surface area contributed by atoms with E-state index in [1.807, 2.05) is 24.3 Å². The van der Waals surface area contributed by atoms with E-state index >= 15 is 0 Å². The number of hydrogen-bond acceptors (Lipinski definition) is 5. The van der Waals surface area contributed by atoms with E-state index in [1.165, 1.54) is 42.1 Å². The maximum absolute atomic E-state index is 12.7. The molecule has 2 fully saturated rings. The third-order valence-electron chi connectivity index (χ3n) is 8.72. The number of amides is 1. The van der Waals surface area contributed by atoms with Crippen molar-refractivity contribution >= 4 is 39.4 Å². The van der Waals surface area contributed by atoms with E-state index in [0.29, 0.717) is 28.9 Å². The summed E-state index contributed by atoms with van der Waals surface area (Å²) in [5, 5.41) is 5.88. The Hall–Kier alpha value is -3.06. The number of carbonyl (C=O) groups excluding carboxylic acids is 1. The second kappa shape index (κ2) is 12.8. The summed E-state index contributed by atoms with van der Waals surface area (Å²) >= 11 is 6.56. The average molecular weight is 574 g/mol. The summed E-state index contributed by atoms with van der Waals surface area (Å²) in [5.74, 6) is 0.568. The van der Waals surface area contributed by atoms with Crippen LogP contribution in [0.1, 0.15) is 61.4 Å². The van der Waals surface area contributed by atoms with Crippen LogP contribution in [0.2, 0.25) is 5.02 Å². The molecular formula is C34H40ClN3O3. The monoisotopic (exact) mass is 573 g/mol. The molecule has 1 aromatic heterocycles. The number of carbonyl (C=O) groups is 1. The molecule has 0 radical (unpaired) electrons. The number of benzene rings is 3. The summed E-state index contributed by atoms with van der Waals surface area (Å²) in [6.07, 6.45) is 6.83. The minimum Gasteiger partial charge on any atom is -0.489 e. The van der Waals surface area contributed by atoms with Gasteiger partial charge in [-0.3, -0.25) is 9.69 Å². The molecule has 6 nitrogen and oxygen atoms in total. The minimum absolute atomic E-state index is 0.0833. The molecule has 6 rings (SSSR count). The highest BCUT2D eigenvalue weighted by molar-refractivity contribution is 6.32. The molecule has 1 atom stereocenters.